The van der Waals surface area contributed by atoms with Crippen LogP contribution in [-0.2, 0) is 28.6 Å². The molecule has 0 bridgehead atoms. The highest BCUT2D eigenvalue weighted by molar-refractivity contribution is 5.91. The Kier molecular flexibility index (Phi) is 7.79. The molecule has 1 N–H and O–H groups in total. The van der Waals surface area contributed by atoms with E-state index in [1.807, 2.05) is 19.9 Å². The van der Waals surface area contributed by atoms with Crippen LogP contribution < -0.4 is 0 Å². The molecule has 0 radical (unpaired) electrons. The van der Waals surface area contributed by atoms with E-state index < -0.39 is 42.1 Å². The van der Waals surface area contributed by atoms with Crippen LogP contribution in [0.5, 0.6) is 0 Å². The van der Waals surface area contributed by atoms with Crippen LogP contribution in [0.1, 0.15) is 47.0 Å². The van der Waals surface area contributed by atoms with Crippen molar-refractivity contribution in [2.24, 2.45) is 11.8 Å². The molecule has 29 heavy (non-hydrogen) atoms. The summed E-state index contributed by atoms with van der Waals surface area (Å²) in [7, 11) is 0. The largest absolute Gasteiger partial charge is 0.461 e. The number of rotatable bonds is 5. The molecule has 1 heterocycles. The van der Waals surface area contributed by atoms with Gasteiger partial charge < -0.3 is 19.3 Å². The quantitative estimate of drug-likeness (QED) is 0.324. The summed E-state index contributed by atoms with van der Waals surface area (Å²) in [5.74, 6) is -2.65. The predicted octanol–water partition coefficient (Wildman–Crippen LogP) is 2.63. The zero-order valence-corrected chi connectivity index (χ0v) is 17.5. The Bertz CT molecular complexity index is 733. The molecule has 7 heteroatoms. The number of hydrogen-bond donors (Lipinski definition) is 1. The molecule has 0 unspecified atom stereocenters. The third-order valence-electron chi connectivity index (χ3n) is 5.41. The molecule has 160 valence electrons. The molecule has 0 saturated carbocycles. The Hall–Kier alpha value is -2.41. The number of fused-ring (bicyclic) bond motifs is 1. The van der Waals surface area contributed by atoms with Crippen LogP contribution in [0.4, 0.5) is 0 Å². The van der Waals surface area contributed by atoms with Crippen molar-refractivity contribution in [3.05, 3.63) is 35.5 Å². The van der Waals surface area contributed by atoms with Gasteiger partial charge in [0.25, 0.3) is 0 Å². The molecular formula is C22H30O7. The van der Waals surface area contributed by atoms with Gasteiger partial charge in [-0.15, -0.1) is 0 Å². The zero-order valence-electron chi connectivity index (χ0n) is 17.5. The Morgan fingerprint density at radius 2 is 2.10 bits per heavy atom. The monoisotopic (exact) mass is 406 g/mol. The zero-order chi connectivity index (χ0) is 21.7. The molecule has 0 aromatic rings. The highest BCUT2D eigenvalue weighted by atomic mass is 16.6. The summed E-state index contributed by atoms with van der Waals surface area (Å²) < 4.78 is 16.2. The fourth-order valence-corrected chi connectivity index (χ4v) is 3.39. The van der Waals surface area contributed by atoms with E-state index in [-0.39, 0.29) is 18.1 Å². The Morgan fingerprint density at radius 1 is 1.41 bits per heavy atom. The minimum absolute atomic E-state index is 0.130. The molecule has 1 aliphatic heterocycles. The number of hydrogen-bond acceptors (Lipinski definition) is 7. The summed E-state index contributed by atoms with van der Waals surface area (Å²) in [6, 6.07) is 0. The maximum absolute atomic E-state index is 12.5. The first kappa shape index (κ1) is 22.9. The lowest BCUT2D eigenvalue weighted by Crippen LogP contribution is -2.44. The number of allylic oxidation sites excluding steroid dienone is 2. The van der Waals surface area contributed by atoms with Gasteiger partial charge >= 0.3 is 17.9 Å². The second kappa shape index (κ2) is 9.87. The van der Waals surface area contributed by atoms with E-state index in [2.05, 4.69) is 6.58 Å². The van der Waals surface area contributed by atoms with Crippen LogP contribution in [0.25, 0.3) is 0 Å². The van der Waals surface area contributed by atoms with Crippen LogP contribution in [0, 0.1) is 11.8 Å². The Morgan fingerprint density at radius 3 is 2.72 bits per heavy atom. The van der Waals surface area contributed by atoms with Crippen LogP contribution in [0.3, 0.4) is 0 Å². The van der Waals surface area contributed by atoms with Gasteiger partial charge in [-0.2, -0.15) is 0 Å². The van der Waals surface area contributed by atoms with E-state index in [9.17, 15) is 19.5 Å². The molecule has 5 atom stereocenters. The van der Waals surface area contributed by atoms with Gasteiger partial charge in [-0.25, -0.2) is 4.79 Å². The summed E-state index contributed by atoms with van der Waals surface area (Å²) in [5.41, 5.74) is 1.56. The van der Waals surface area contributed by atoms with Crippen LogP contribution in [-0.4, -0.2) is 47.9 Å². The molecular weight excluding hydrogens is 376 g/mol. The van der Waals surface area contributed by atoms with Gasteiger partial charge in [0, 0.05) is 12.5 Å². The number of aliphatic hydroxyl groups is 1. The van der Waals surface area contributed by atoms with Crippen LogP contribution in [0.15, 0.2) is 35.5 Å². The van der Waals surface area contributed by atoms with Gasteiger partial charge in [-0.05, 0) is 37.8 Å². The SMILES string of the molecule is C=C1C(=O)O[C@@H]2/C=C(/C)CC/C=C(/COC(C)=O)[C@@H](O)[C@@H](OC(=O)[C@H](C)CC)[C@@H]12. The Labute approximate surface area is 171 Å². The molecule has 0 aromatic carbocycles. The third-order valence-corrected chi connectivity index (χ3v) is 5.41. The lowest BCUT2D eigenvalue weighted by Gasteiger charge is -2.32. The van der Waals surface area contributed by atoms with Crippen molar-refractivity contribution in [3.8, 4) is 0 Å². The smallest absolute Gasteiger partial charge is 0.334 e. The molecule has 0 aromatic heterocycles. The molecule has 1 saturated heterocycles. The second-order valence-electron chi connectivity index (χ2n) is 7.69. The Balaban J connectivity index is 2.47. The van der Waals surface area contributed by atoms with Gasteiger partial charge in [-0.1, -0.05) is 32.1 Å². The highest BCUT2D eigenvalue weighted by Crippen LogP contribution is 2.37. The maximum atomic E-state index is 12.5. The van der Waals surface area contributed by atoms with Crippen molar-refractivity contribution in [2.75, 3.05) is 6.61 Å². The van der Waals surface area contributed by atoms with Crippen molar-refractivity contribution in [1.82, 2.24) is 0 Å². The highest BCUT2D eigenvalue weighted by Gasteiger charge is 2.48. The molecule has 2 rings (SSSR count). The summed E-state index contributed by atoms with van der Waals surface area (Å²) >= 11 is 0. The van der Waals surface area contributed by atoms with E-state index in [0.29, 0.717) is 24.8 Å². The number of aliphatic hydroxyl groups excluding tert-OH is 1. The van der Waals surface area contributed by atoms with Crippen LogP contribution in [0.2, 0.25) is 0 Å². The predicted molar refractivity (Wildman–Crippen MR) is 106 cm³/mol. The number of carbonyl (C=O) groups is 3. The molecule has 7 nitrogen and oxygen atoms in total. The second-order valence-corrected chi connectivity index (χ2v) is 7.69. The van der Waals surface area contributed by atoms with Gasteiger partial charge in [0.1, 0.15) is 24.9 Å². The molecule has 2 aliphatic rings. The number of esters is 3. The fourth-order valence-electron chi connectivity index (χ4n) is 3.39. The van der Waals surface area contributed by atoms with Gasteiger partial charge in [-0.3, -0.25) is 9.59 Å². The summed E-state index contributed by atoms with van der Waals surface area (Å²) in [6.45, 7) is 10.5. The van der Waals surface area contributed by atoms with E-state index in [0.717, 1.165) is 5.57 Å². The average Bonchev–Trinajstić information content (AvgIpc) is 2.93. The topological polar surface area (TPSA) is 99.1 Å². The van der Waals surface area contributed by atoms with Crippen molar-refractivity contribution in [3.63, 3.8) is 0 Å². The first-order chi connectivity index (χ1) is 13.6. The lowest BCUT2D eigenvalue weighted by molar-refractivity contribution is -0.163. The van der Waals surface area contributed by atoms with Gasteiger partial charge in [0.2, 0.25) is 0 Å². The number of ether oxygens (including phenoxy) is 3. The minimum Gasteiger partial charge on any atom is -0.461 e. The summed E-state index contributed by atoms with van der Waals surface area (Å²) in [6.07, 6.45) is 2.40. The third kappa shape index (κ3) is 5.56. The fraction of sp³-hybridized carbons (Fsp3) is 0.591. The van der Waals surface area contributed by atoms with Crippen LogP contribution >= 0.6 is 0 Å². The minimum atomic E-state index is -1.27. The molecule has 1 fully saturated rings. The normalized spacial score (nSPS) is 32.0. The lowest BCUT2D eigenvalue weighted by atomic mass is 9.83. The maximum Gasteiger partial charge on any atom is 0.334 e. The van der Waals surface area contributed by atoms with Crippen molar-refractivity contribution < 1.29 is 33.7 Å². The summed E-state index contributed by atoms with van der Waals surface area (Å²) in [4.78, 5) is 36.0. The van der Waals surface area contributed by atoms with Crippen molar-refractivity contribution in [1.29, 1.82) is 0 Å². The standard InChI is InChI=1S/C22H30O7/c1-6-13(3)21(25)29-20-18-14(4)22(26)28-17(18)10-12(2)8-7-9-16(19(20)24)11-27-15(5)23/h9-10,13,17-20,24H,4,6-8,11H2,1-3,5H3/b12-10-,16-9-/t13-,17-,18+,19-,20+/m1/s1. The molecule has 0 spiro atoms. The average molecular weight is 406 g/mol. The van der Waals surface area contributed by atoms with E-state index in [1.165, 1.54) is 6.92 Å². The molecule has 1 aliphatic carbocycles. The first-order valence-electron chi connectivity index (χ1n) is 9.93. The number of carbonyl (C=O) groups excluding carboxylic acids is 3. The van der Waals surface area contributed by atoms with E-state index >= 15 is 0 Å². The summed E-state index contributed by atoms with van der Waals surface area (Å²) in [5, 5.41) is 11.1. The van der Waals surface area contributed by atoms with Gasteiger partial charge in [0.15, 0.2) is 0 Å². The van der Waals surface area contributed by atoms with Gasteiger partial charge in [0.05, 0.1) is 11.8 Å². The first-order valence-corrected chi connectivity index (χ1v) is 9.93. The molecule has 0 amide bonds. The van der Waals surface area contributed by atoms with Crippen molar-refractivity contribution >= 4 is 17.9 Å². The van der Waals surface area contributed by atoms with E-state index in [4.69, 9.17) is 14.2 Å². The van der Waals surface area contributed by atoms with Crippen molar-refractivity contribution in [2.45, 2.75) is 65.3 Å². The van der Waals surface area contributed by atoms with E-state index in [1.54, 1.807) is 13.0 Å².